The number of nitriles is 1. The SMILES string of the molecule is CN(c1cccc(C#N)c1)c1ccc([N+](=O)[O-])cc1Cl. The average molecular weight is 288 g/mol. The van der Waals surface area contributed by atoms with Crippen LogP contribution in [0.25, 0.3) is 0 Å². The highest BCUT2D eigenvalue weighted by Crippen LogP contribution is 2.33. The van der Waals surface area contributed by atoms with Crippen molar-refractivity contribution in [2.45, 2.75) is 0 Å². The fourth-order valence-electron chi connectivity index (χ4n) is 1.80. The third-order valence-electron chi connectivity index (χ3n) is 2.87. The second-order valence-electron chi connectivity index (χ2n) is 4.11. The van der Waals surface area contributed by atoms with Crippen molar-refractivity contribution in [1.29, 1.82) is 5.26 Å². The molecule has 100 valence electrons. The predicted octanol–water partition coefficient (Wildman–Crippen LogP) is 3.89. The number of nitro benzene ring substituents is 1. The molecule has 0 fully saturated rings. The Bertz CT molecular complexity index is 710. The molecular weight excluding hydrogens is 278 g/mol. The van der Waals surface area contributed by atoms with Crippen molar-refractivity contribution in [2.75, 3.05) is 11.9 Å². The van der Waals surface area contributed by atoms with E-state index in [0.29, 0.717) is 11.3 Å². The zero-order valence-electron chi connectivity index (χ0n) is 10.6. The third-order valence-corrected chi connectivity index (χ3v) is 3.17. The van der Waals surface area contributed by atoms with Gasteiger partial charge in [-0.15, -0.1) is 0 Å². The average Bonchev–Trinajstić information content (AvgIpc) is 2.46. The standard InChI is InChI=1S/C14H10ClN3O2/c1-17(11-4-2-3-10(7-11)9-16)14-6-5-12(18(19)20)8-13(14)15/h2-8H,1H3. The number of hydrogen-bond acceptors (Lipinski definition) is 4. The van der Waals surface area contributed by atoms with Crippen LogP contribution in [0.15, 0.2) is 42.5 Å². The van der Waals surface area contributed by atoms with Crippen molar-refractivity contribution < 1.29 is 4.92 Å². The Kier molecular flexibility index (Phi) is 3.87. The van der Waals surface area contributed by atoms with E-state index in [1.165, 1.54) is 12.1 Å². The maximum absolute atomic E-state index is 10.7. The highest BCUT2D eigenvalue weighted by Gasteiger charge is 2.13. The summed E-state index contributed by atoms with van der Waals surface area (Å²) in [4.78, 5) is 12.0. The molecule has 2 rings (SSSR count). The van der Waals surface area contributed by atoms with Crippen LogP contribution in [0.5, 0.6) is 0 Å². The number of hydrogen-bond donors (Lipinski definition) is 0. The Balaban J connectivity index is 2.40. The van der Waals surface area contributed by atoms with Crippen molar-refractivity contribution >= 4 is 28.7 Å². The van der Waals surface area contributed by atoms with Crippen LogP contribution in [0.2, 0.25) is 5.02 Å². The monoisotopic (exact) mass is 287 g/mol. The number of benzene rings is 2. The van der Waals surface area contributed by atoms with Gasteiger partial charge in [0.15, 0.2) is 0 Å². The van der Waals surface area contributed by atoms with Gasteiger partial charge in [-0.25, -0.2) is 0 Å². The first-order chi connectivity index (χ1) is 9.52. The first kappa shape index (κ1) is 13.8. The molecule has 20 heavy (non-hydrogen) atoms. The van der Waals surface area contributed by atoms with E-state index in [1.54, 1.807) is 36.2 Å². The van der Waals surface area contributed by atoms with Crippen molar-refractivity contribution in [3.63, 3.8) is 0 Å². The van der Waals surface area contributed by atoms with Gasteiger partial charge in [0.05, 0.1) is 27.3 Å². The van der Waals surface area contributed by atoms with Gasteiger partial charge in [0, 0.05) is 24.9 Å². The van der Waals surface area contributed by atoms with Gasteiger partial charge in [-0.05, 0) is 24.3 Å². The highest BCUT2D eigenvalue weighted by molar-refractivity contribution is 6.33. The molecule has 2 aromatic carbocycles. The molecule has 0 saturated carbocycles. The molecule has 0 unspecified atom stereocenters. The van der Waals surface area contributed by atoms with Crippen molar-refractivity contribution in [2.24, 2.45) is 0 Å². The molecule has 0 aliphatic heterocycles. The Morgan fingerprint density at radius 3 is 2.65 bits per heavy atom. The van der Waals surface area contributed by atoms with Crippen LogP contribution in [0, 0.1) is 21.4 Å². The molecular formula is C14H10ClN3O2. The van der Waals surface area contributed by atoms with Crippen molar-refractivity contribution in [3.8, 4) is 6.07 Å². The highest BCUT2D eigenvalue weighted by atomic mass is 35.5. The number of non-ortho nitro benzene ring substituents is 1. The van der Waals surface area contributed by atoms with Gasteiger partial charge >= 0.3 is 0 Å². The molecule has 0 radical (unpaired) electrons. The minimum absolute atomic E-state index is 0.0575. The lowest BCUT2D eigenvalue weighted by Gasteiger charge is -2.20. The van der Waals surface area contributed by atoms with E-state index in [2.05, 4.69) is 6.07 Å². The van der Waals surface area contributed by atoms with E-state index < -0.39 is 4.92 Å². The summed E-state index contributed by atoms with van der Waals surface area (Å²) in [6, 6.07) is 13.4. The molecule has 0 spiro atoms. The van der Waals surface area contributed by atoms with Gasteiger partial charge in [-0.2, -0.15) is 5.26 Å². The zero-order chi connectivity index (χ0) is 14.7. The van der Waals surface area contributed by atoms with E-state index in [-0.39, 0.29) is 10.7 Å². The molecule has 0 amide bonds. The van der Waals surface area contributed by atoms with Crippen molar-refractivity contribution in [3.05, 3.63) is 63.2 Å². The molecule has 6 heteroatoms. The lowest BCUT2D eigenvalue weighted by molar-refractivity contribution is -0.384. The minimum atomic E-state index is -0.494. The predicted molar refractivity (Wildman–Crippen MR) is 77.3 cm³/mol. The Hall–Kier alpha value is -2.58. The second-order valence-corrected chi connectivity index (χ2v) is 4.52. The van der Waals surface area contributed by atoms with Crippen LogP contribution in [-0.2, 0) is 0 Å². The maximum atomic E-state index is 10.7. The normalized spacial score (nSPS) is 9.85. The van der Waals surface area contributed by atoms with Gasteiger partial charge in [-0.1, -0.05) is 17.7 Å². The van der Waals surface area contributed by atoms with Gasteiger partial charge in [-0.3, -0.25) is 10.1 Å². The second kappa shape index (κ2) is 5.59. The molecule has 0 heterocycles. The summed E-state index contributed by atoms with van der Waals surface area (Å²) in [7, 11) is 1.78. The van der Waals surface area contributed by atoms with Crippen LogP contribution in [0.1, 0.15) is 5.56 Å². The molecule has 0 aliphatic rings. The van der Waals surface area contributed by atoms with Gasteiger partial charge < -0.3 is 4.90 Å². The van der Waals surface area contributed by atoms with E-state index in [0.717, 1.165) is 5.69 Å². The van der Waals surface area contributed by atoms with Crippen LogP contribution >= 0.6 is 11.6 Å². The summed E-state index contributed by atoms with van der Waals surface area (Å²) in [6.07, 6.45) is 0. The van der Waals surface area contributed by atoms with E-state index in [4.69, 9.17) is 16.9 Å². The number of rotatable bonds is 3. The van der Waals surface area contributed by atoms with E-state index >= 15 is 0 Å². The van der Waals surface area contributed by atoms with Crippen LogP contribution < -0.4 is 4.90 Å². The van der Waals surface area contributed by atoms with E-state index in [1.807, 2.05) is 6.07 Å². The third kappa shape index (κ3) is 2.71. The smallest absolute Gasteiger partial charge is 0.271 e. The number of anilines is 2. The lowest BCUT2D eigenvalue weighted by atomic mass is 10.2. The first-order valence-corrected chi connectivity index (χ1v) is 6.08. The fourth-order valence-corrected chi connectivity index (χ4v) is 2.11. The van der Waals surface area contributed by atoms with E-state index in [9.17, 15) is 10.1 Å². The van der Waals surface area contributed by atoms with Gasteiger partial charge in [0.1, 0.15) is 0 Å². The molecule has 0 atom stereocenters. The maximum Gasteiger partial charge on any atom is 0.271 e. The largest absolute Gasteiger partial charge is 0.343 e. The molecule has 0 aliphatic carbocycles. The topological polar surface area (TPSA) is 70.2 Å². The Morgan fingerprint density at radius 2 is 2.05 bits per heavy atom. The summed E-state index contributed by atoms with van der Waals surface area (Å²) in [5.74, 6) is 0. The Morgan fingerprint density at radius 1 is 1.30 bits per heavy atom. The van der Waals surface area contributed by atoms with Gasteiger partial charge in [0.2, 0.25) is 0 Å². The molecule has 0 N–H and O–H groups in total. The number of nitro groups is 1. The first-order valence-electron chi connectivity index (χ1n) is 5.71. The number of nitrogens with zero attached hydrogens (tertiary/aromatic N) is 3. The number of halogens is 1. The summed E-state index contributed by atoms with van der Waals surface area (Å²) < 4.78 is 0. The molecule has 0 bridgehead atoms. The fraction of sp³-hybridized carbons (Fsp3) is 0.0714. The van der Waals surface area contributed by atoms with Crippen LogP contribution in [0.3, 0.4) is 0 Å². The molecule has 2 aromatic rings. The lowest BCUT2D eigenvalue weighted by Crippen LogP contribution is -2.10. The van der Waals surface area contributed by atoms with Crippen LogP contribution in [0.4, 0.5) is 17.1 Å². The molecule has 0 saturated heterocycles. The summed E-state index contributed by atoms with van der Waals surface area (Å²) in [5.41, 5.74) is 1.89. The van der Waals surface area contributed by atoms with Crippen molar-refractivity contribution in [1.82, 2.24) is 0 Å². The van der Waals surface area contributed by atoms with Gasteiger partial charge in [0.25, 0.3) is 5.69 Å². The summed E-state index contributed by atoms with van der Waals surface area (Å²) >= 11 is 6.08. The van der Waals surface area contributed by atoms with Crippen LogP contribution in [-0.4, -0.2) is 12.0 Å². The quantitative estimate of drug-likeness (QED) is 0.634. The molecule has 0 aromatic heterocycles. The molecule has 5 nitrogen and oxygen atoms in total. The minimum Gasteiger partial charge on any atom is -0.343 e. The summed E-state index contributed by atoms with van der Waals surface area (Å²) in [5, 5.41) is 19.9. The zero-order valence-corrected chi connectivity index (χ0v) is 11.3. The summed E-state index contributed by atoms with van der Waals surface area (Å²) in [6.45, 7) is 0. The Labute approximate surface area is 120 Å².